The van der Waals surface area contributed by atoms with E-state index < -0.39 is 0 Å². The maximum Gasteiger partial charge on any atom is 0.0811 e. The number of nitrogens with zero attached hydrogens (tertiary/aromatic N) is 1. The van der Waals surface area contributed by atoms with E-state index in [1.165, 1.54) is 38.8 Å². The van der Waals surface area contributed by atoms with Crippen molar-refractivity contribution in [3.8, 4) is 0 Å². The van der Waals surface area contributed by atoms with Crippen molar-refractivity contribution in [3.05, 3.63) is 0 Å². The zero-order valence-electron chi connectivity index (χ0n) is 9.63. The summed E-state index contributed by atoms with van der Waals surface area (Å²) in [6, 6.07) is 0. The Morgan fingerprint density at radius 3 is 2.67 bits per heavy atom. The van der Waals surface area contributed by atoms with Gasteiger partial charge in [-0.15, -0.1) is 0 Å². The molecule has 0 bridgehead atoms. The summed E-state index contributed by atoms with van der Waals surface area (Å²) in [6.07, 6.45) is 5.26. The van der Waals surface area contributed by atoms with Crippen molar-refractivity contribution in [1.82, 2.24) is 4.90 Å². The predicted octanol–water partition coefficient (Wildman–Crippen LogP) is 1.28. The van der Waals surface area contributed by atoms with Crippen LogP contribution in [-0.4, -0.2) is 50.5 Å². The van der Waals surface area contributed by atoms with Crippen LogP contribution in [0, 0.1) is 5.41 Å². The standard InChI is InChI=1S/C12H21NO2/c1-14-10-11(2-3-11)8-13-6-7-15-12(9-13)4-5-12/h2-10H2,1H3. The highest BCUT2D eigenvalue weighted by molar-refractivity contribution is 5.03. The molecule has 3 aliphatic rings. The van der Waals surface area contributed by atoms with Crippen LogP contribution in [0.1, 0.15) is 25.7 Å². The Balaban J connectivity index is 1.54. The van der Waals surface area contributed by atoms with Crippen LogP contribution < -0.4 is 0 Å². The van der Waals surface area contributed by atoms with Crippen LogP contribution in [-0.2, 0) is 9.47 Å². The van der Waals surface area contributed by atoms with Crippen molar-refractivity contribution in [2.45, 2.75) is 31.3 Å². The highest BCUT2D eigenvalue weighted by Crippen LogP contribution is 2.48. The molecule has 0 amide bonds. The second-order valence-corrected chi connectivity index (χ2v) is 5.68. The minimum Gasteiger partial charge on any atom is -0.384 e. The summed E-state index contributed by atoms with van der Waals surface area (Å²) in [4.78, 5) is 2.60. The molecule has 1 aliphatic heterocycles. The van der Waals surface area contributed by atoms with Gasteiger partial charge in [0.1, 0.15) is 0 Å². The van der Waals surface area contributed by atoms with Crippen LogP contribution in [0.25, 0.3) is 0 Å². The lowest BCUT2D eigenvalue weighted by Gasteiger charge is -2.35. The Labute approximate surface area is 91.7 Å². The van der Waals surface area contributed by atoms with Gasteiger partial charge in [0.05, 0.1) is 18.8 Å². The molecule has 1 spiro atoms. The van der Waals surface area contributed by atoms with E-state index in [0.717, 1.165) is 19.8 Å². The number of methoxy groups -OCH3 is 1. The van der Waals surface area contributed by atoms with Crippen LogP contribution >= 0.6 is 0 Å². The van der Waals surface area contributed by atoms with Gasteiger partial charge in [-0.3, -0.25) is 4.90 Å². The summed E-state index contributed by atoms with van der Waals surface area (Å²) in [5.41, 5.74) is 0.781. The topological polar surface area (TPSA) is 21.7 Å². The Hall–Kier alpha value is -0.120. The summed E-state index contributed by atoms with van der Waals surface area (Å²) in [6.45, 7) is 5.39. The molecule has 86 valence electrons. The number of morpholine rings is 1. The van der Waals surface area contributed by atoms with Gasteiger partial charge in [0.2, 0.25) is 0 Å². The molecule has 0 N–H and O–H groups in total. The van der Waals surface area contributed by atoms with Gasteiger partial charge in [-0.2, -0.15) is 0 Å². The molecule has 15 heavy (non-hydrogen) atoms. The SMILES string of the molecule is COCC1(CN2CCOC3(CC3)C2)CC1. The van der Waals surface area contributed by atoms with Gasteiger partial charge in [-0.05, 0) is 25.7 Å². The Kier molecular flexibility index (Phi) is 2.31. The van der Waals surface area contributed by atoms with Gasteiger partial charge in [-0.25, -0.2) is 0 Å². The number of rotatable bonds is 4. The van der Waals surface area contributed by atoms with Gasteiger partial charge in [0, 0.05) is 32.2 Å². The van der Waals surface area contributed by atoms with Crippen molar-refractivity contribution in [3.63, 3.8) is 0 Å². The van der Waals surface area contributed by atoms with Gasteiger partial charge in [0.15, 0.2) is 0 Å². The van der Waals surface area contributed by atoms with E-state index in [1.54, 1.807) is 0 Å². The summed E-state index contributed by atoms with van der Waals surface area (Å²) < 4.78 is 11.1. The van der Waals surface area contributed by atoms with Crippen molar-refractivity contribution in [2.24, 2.45) is 5.41 Å². The third-order valence-electron chi connectivity index (χ3n) is 4.10. The van der Waals surface area contributed by atoms with Gasteiger partial charge < -0.3 is 9.47 Å². The normalized spacial score (nSPS) is 31.8. The molecule has 3 rings (SSSR count). The molecule has 3 heteroatoms. The van der Waals surface area contributed by atoms with Crippen LogP contribution in [0.5, 0.6) is 0 Å². The first-order valence-electron chi connectivity index (χ1n) is 6.11. The zero-order chi connectivity index (χ0) is 10.4. The molecule has 1 heterocycles. The lowest BCUT2D eigenvalue weighted by Crippen LogP contribution is -2.46. The summed E-state index contributed by atoms with van der Waals surface area (Å²) in [7, 11) is 1.82. The maximum absolute atomic E-state index is 5.83. The number of hydrogen-bond acceptors (Lipinski definition) is 3. The van der Waals surface area contributed by atoms with E-state index in [9.17, 15) is 0 Å². The van der Waals surface area contributed by atoms with E-state index in [2.05, 4.69) is 4.90 Å². The molecular weight excluding hydrogens is 190 g/mol. The van der Waals surface area contributed by atoms with Gasteiger partial charge in [-0.1, -0.05) is 0 Å². The average molecular weight is 211 g/mol. The monoisotopic (exact) mass is 211 g/mol. The van der Waals surface area contributed by atoms with Crippen LogP contribution in [0.3, 0.4) is 0 Å². The predicted molar refractivity (Wildman–Crippen MR) is 57.9 cm³/mol. The molecule has 2 saturated carbocycles. The lowest BCUT2D eigenvalue weighted by molar-refractivity contribution is -0.0546. The second kappa shape index (κ2) is 3.44. The molecule has 1 saturated heterocycles. The highest BCUT2D eigenvalue weighted by Gasteiger charge is 2.50. The number of hydrogen-bond donors (Lipinski definition) is 0. The van der Waals surface area contributed by atoms with Crippen LogP contribution in [0.4, 0.5) is 0 Å². The minimum absolute atomic E-state index is 0.279. The van der Waals surface area contributed by atoms with E-state index in [4.69, 9.17) is 9.47 Å². The molecule has 0 radical (unpaired) electrons. The van der Waals surface area contributed by atoms with Crippen LogP contribution in [0.2, 0.25) is 0 Å². The average Bonchev–Trinajstić information content (AvgIpc) is 3.10. The van der Waals surface area contributed by atoms with Crippen molar-refractivity contribution >= 4 is 0 Å². The third-order valence-corrected chi connectivity index (χ3v) is 4.10. The maximum atomic E-state index is 5.83. The fourth-order valence-corrected chi connectivity index (χ4v) is 2.81. The van der Waals surface area contributed by atoms with Crippen molar-refractivity contribution < 1.29 is 9.47 Å². The lowest BCUT2D eigenvalue weighted by atomic mass is 10.1. The second-order valence-electron chi connectivity index (χ2n) is 5.68. The third kappa shape index (κ3) is 2.05. The fraction of sp³-hybridized carbons (Fsp3) is 1.00. The van der Waals surface area contributed by atoms with E-state index >= 15 is 0 Å². The van der Waals surface area contributed by atoms with E-state index in [0.29, 0.717) is 5.41 Å². The summed E-state index contributed by atoms with van der Waals surface area (Å²) in [5.74, 6) is 0. The minimum atomic E-state index is 0.279. The summed E-state index contributed by atoms with van der Waals surface area (Å²) in [5, 5.41) is 0. The van der Waals surface area contributed by atoms with Crippen molar-refractivity contribution in [2.75, 3.05) is 40.0 Å². The quantitative estimate of drug-likeness (QED) is 0.699. The zero-order valence-corrected chi connectivity index (χ0v) is 9.63. The Bertz CT molecular complexity index is 246. The van der Waals surface area contributed by atoms with E-state index in [-0.39, 0.29) is 5.60 Å². The molecular formula is C12H21NO2. The molecule has 2 aliphatic carbocycles. The van der Waals surface area contributed by atoms with Gasteiger partial charge >= 0.3 is 0 Å². The molecule has 3 nitrogen and oxygen atoms in total. The molecule has 0 aromatic carbocycles. The largest absolute Gasteiger partial charge is 0.384 e. The fourth-order valence-electron chi connectivity index (χ4n) is 2.81. The summed E-state index contributed by atoms with van der Waals surface area (Å²) >= 11 is 0. The molecule has 3 fully saturated rings. The molecule has 0 unspecified atom stereocenters. The van der Waals surface area contributed by atoms with E-state index in [1.807, 2.05) is 7.11 Å². The Morgan fingerprint density at radius 2 is 2.07 bits per heavy atom. The highest BCUT2D eigenvalue weighted by atomic mass is 16.5. The molecule has 0 aromatic heterocycles. The van der Waals surface area contributed by atoms with Crippen LogP contribution in [0.15, 0.2) is 0 Å². The smallest absolute Gasteiger partial charge is 0.0811 e. The van der Waals surface area contributed by atoms with Crippen molar-refractivity contribution in [1.29, 1.82) is 0 Å². The first kappa shape index (κ1) is 10.1. The first-order chi connectivity index (χ1) is 7.26. The van der Waals surface area contributed by atoms with Gasteiger partial charge in [0.25, 0.3) is 0 Å². The molecule has 0 atom stereocenters. The first-order valence-corrected chi connectivity index (χ1v) is 6.11. The Morgan fingerprint density at radius 1 is 1.27 bits per heavy atom. The molecule has 0 aromatic rings. The number of ether oxygens (including phenoxy) is 2.